The van der Waals surface area contributed by atoms with E-state index in [1.54, 1.807) is 0 Å². The third-order valence-corrected chi connectivity index (χ3v) is 5.78. The molecule has 6 nitrogen and oxygen atoms in total. The number of aliphatic imine (C=N–C) groups is 1. The van der Waals surface area contributed by atoms with Gasteiger partial charge < -0.3 is 9.88 Å². The molecule has 3 aromatic rings. The Hall–Kier alpha value is -3.28. The van der Waals surface area contributed by atoms with E-state index in [1.807, 2.05) is 13.3 Å². The Morgan fingerprint density at radius 2 is 1.77 bits per heavy atom. The molecule has 0 saturated heterocycles. The van der Waals surface area contributed by atoms with Crippen molar-refractivity contribution in [3.8, 4) is 22.5 Å². The van der Waals surface area contributed by atoms with Gasteiger partial charge in [-0.3, -0.25) is 9.79 Å². The first-order valence-electron chi connectivity index (χ1n) is 10.5. The van der Waals surface area contributed by atoms with Gasteiger partial charge in [0.2, 0.25) is 5.91 Å². The van der Waals surface area contributed by atoms with Crippen molar-refractivity contribution in [2.45, 2.75) is 51.2 Å². The van der Waals surface area contributed by atoms with Crippen molar-refractivity contribution in [1.29, 1.82) is 0 Å². The van der Waals surface area contributed by atoms with Crippen molar-refractivity contribution in [3.05, 3.63) is 60.4 Å². The fraction of sp³-hybridized carbons (Fsp3) is 0.333. The molecule has 154 valence electrons. The maximum atomic E-state index is 11.7. The molecule has 30 heavy (non-hydrogen) atoms. The maximum Gasteiger partial charge on any atom is 0.219 e. The van der Waals surface area contributed by atoms with Crippen molar-refractivity contribution >= 4 is 12.6 Å². The molecule has 1 aliphatic rings. The molecule has 1 saturated carbocycles. The Bertz CT molecular complexity index is 1010. The molecule has 1 N–H and O–H groups in total. The normalized spacial score (nSPS) is 18.3. The molecule has 2 aromatic carbocycles. The van der Waals surface area contributed by atoms with E-state index in [0.29, 0.717) is 19.0 Å². The summed E-state index contributed by atoms with van der Waals surface area (Å²) in [5.74, 6) is 0.996. The lowest BCUT2D eigenvalue weighted by atomic mass is 10.0. The highest BCUT2D eigenvalue weighted by Gasteiger charge is 2.28. The number of nitrogens with one attached hydrogen (secondary N) is 1. The number of aromatic nitrogens is 3. The van der Waals surface area contributed by atoms with E-state index in [1.165, 1.54) is 5.56 Å². The number of benzene rings is 2. The summed E-state index contributed by atoms with van der Waals surface area (Å²) in [6.45, 7) is 6.07. The van der Waals surface area contributed by atoms with Crippen LogP contribution in [0.4, 0.5) is 0 Å². The lowest BCUT2D eigenvalue weighted by Crippen LogP contribution is -2.32. The first-order chi connectivity index (χ1) is 14.7. The highest BCUT2D eigenvalue weighted by atomic mass is 16.1. The second-order valence-corrected chi connectivity index (χ2v) is 7.80. The number of nitrogens with zero attached hydrogens (tertiary/aromatic N) is 4. The van der Waals surface area contributed by atoms with Crippen LogP contribution in [-0.4, -0.2) is 33.4 Å². The molecule has 1 aromatic heterocycles. The zero-order valence-corrected chi connectivity index (χ0v) is 17.3. The molecule has 0 spiro atoms. The molecule has 0 aliphatic heterocycles. The van der Waals surface area contributed by atoms with Gasteiger partial charge in [0, 0.05) is 24.1 Å². The Balaban J connectivity index is 1.49. The summed E-state index contributed by atoms with van der Waals surface area (Å²) in [4.78, 5) is 15.6. The lowest BCUT2D eigenvalue weighted by Gasteiger charge is -2.16. The van der Waals surface area contributed by atoms with Crippen LogP contribution in [0.5, 0.6) is 0 Å². The van der Waals surface area contributed by atoms with Crippen LogP contribution in [0.3, 0.4) is 0 Å². The SMILES string of the molecule is C=NCc1ccc(-c2ccc(-c3nncn3[C@@H]3CC[C@H](NC(=O)CC)C3)cc2)cc1. The number of hydrogen-bond acceptors (Lipinski definition) is 4. The van der Waals surface area contributed by atoms with Gasteiger partial charge in [0.1, 0.15) is 6.33 Å². The van der Waals surface area contributed by atoms with Crippen molar-refractivity contribution < 1.29 is 4.79 Å². The molecule has 2 atom stereocenters. The van der Waals surface area contributed by atoms with Crippen molar-refractivity contribution in [2.24, 2.45) is 4.99 Å². The predicted octanol–water partition coefficient (Wildman–Crippen LogP) is 4.43. The van der Waals surface area contributed by atoms with Crippen LogP contribution >= 0.6 is 0 Å². The molecule has 1 fully saturated rings. The summed E-state index contributed by atoms with van der Waals surface area (Å²) in [7, 11) is 0. The first kappa shape index (κ1) is 20.0. The zero-order chi connectivity index (χ0) is 20.9. The van der Waals surface area contributed by atoms with E-state index in [9.17, 15) is 4.79 Å². The number of amides is 1. The van der Waals surface area contributed by atoms with Gasteiger partial charge >= 0.3 is 0 Å². The summed E-state index contributed by atoms with van der Waals surface area (Å²) >= 11 is 0. The van der Waals surface area contributed by atoms with Gasteiger partial charge in [0.25, 0.3) is 0 Å². The van der Waals surface area contributed by atoms with E-state index in [4.69, 9.17) is 0 Å². The van der Waals surface area contributed by atoms with E-state index < -0.39 is 0 Å². The third kappa shape index (κ3) is 4.32. The second-order valence-electron chi connectivity index (χ2n) is 7.80. The van der Waals surface area contributed by atoms with E-state index >= 15 is 0 Å². The van der Waals surface area contributed by atoms with Gasteiger partial charge in [-0.05, 0) is 42.7 Å². The van der Waals surface area contributed by atoms with E-state index in [0.717, 1.165) is 41.8 Å². The molecular weight excluding hydrogens is 374 g/mol. The molecule has 0 radical (unpaired) electrons. The fourth-order valence-electron chi connectivity index (χ4n) is 4.13. The third-order valence-electron chi connectivity index (χ3n) is 5.78. The predicted molar refractivity (Wildman–Crippen MR) is 119 cm³/mol. The monoisotopic (exact) mass is 401 g/mol. The molecule has 1 heterocycles. The van der Waals surface area contributed by atoms with Crippen LogP contribution in [0, 0.1) is 0 Å². The molecular formula is C24H27N5O. The highest BCUT2D eigenvalue weighted by Crippen LogP contribution is 2.33. The lowest BCUT2D eigenvalue weighted by molar-refractivity contribution is -0.121. The van der Waals surface area contributed by atoms with Crippen molar-refractivity contribution in [3.63, 3.8) is 0 Å². The molecule has 0 bridgehead atoms. The standard InChI is InChI=1S/C24H27N5O/c1-3-23(30)27-21-12-13-22(14-21)29-16-26-28-24(29)20-10-8-19(9-11-20)18-6-4-17(5-7-18)15-25-2/h4-11,16,21-22H,2-3,12-15H2,1H3,(H,27,30)/t21-,22+/m0/s1. The average molecular weight is 402 g/mol. The van der Waals surface area contributed by atoms with E-state index in [2.05, 4.69) is 80.3 Å². The maximum absolute atomic E-state index is 11.7. The van der Waals surface area contributed by atoms with Crippen LogP contribution in [0.25, 0.3) is 22.5 Å². The Kier molecular flexibility index (Phi) is 6.02. The van der Waals surface area contributed by atoms with Crippen LogP contribution in [0.1, 0.15) is 44.2 Å². The zero-order valence-electron chi connectivity index (χ0n) is 17.3. The fourth-order valence-corrected chi connectivity index (χ4v) is 4.13. The largest absolute Gasteiger partial charge is 0.353 e. The Labute approximate surface area is 177 Å². The summed E-state index contributed by atoms with van der Waals surface area (Å²) in [6.07, 6.45) is 5.26. The van der Waals surface area contributed by atoms with Gasteiger partial charge in [0.15, 0.2) is 5.82 Å². The summed E-state index contributed by atoms with van der Waals surface area (Å²) in [5.41, 5.74) is 4.53. The minimum absolute atomic E-state index is 0.119. The highest BCUT2D eigenvalue weighted by molar-refractivity contribution is 5.75. The minimum Gasteiger partial charge on any atom is -0.353 e. The van der Waals surface area contributed by atoms with Gasteiger partial charge in [0.05, 0.1) is 6.54 Å². The van der Waals surface area contributed by atoms with Gasteiger partial charge in [-0.15, -0.1) is 10.2 Å². The summed E-state index contributed by atoms with van der Waals surface area (Å²) < 4.78 is 2.16. The number of rotatable bonds is 7. The summed E-state index contributed by atoms with van der Waals surface area (Å²) in [6, 6.07) is 17.4. The quantitative estimate of drug-likeness (QED) is 0.595. The Morgan fingerprint density at radius 3 is 2.43 bits per heavy atom. The topological polar surface area (TPSA) is 72.2 Å². The second kappa shape index (κ2) is 9.03. The molecule has 1 aliphatic carbocycles. The van der Waals surface area contributed by atoms with Gasteiger partial charge in [-0.25, -0.2) is 0 Å². The van der Waals surface area contributed by atoms with Gasteiger partial charge in [-0.2, -0.15) is 0 Å². The van der Waals surface area contributed by atoms with Crippen molar-refractivity contribution in [1.82, 2.24) is 20.1 Å². The number of hydrogen-bond donors (Lipinski definition) is 1. The van der Waals surface area contributed by atoms with Crippen LogP contribution in [-0.2, 0) is 11.3 Å². The number of carbonyl (C=O) groups excluding carboxylic acids is 1. The molecule has 6 heteroatoms. The van der Waals surface area contributed by atoms with Crippen LogP contribution in [0.2, 0.25) is 0 Å². The Morgan fingerprint density at radius 1 is 1.10 bits per heavy atom. The smallest absolute Gasteiger partial charge is 0.219 e. The molecule has 1 amide bonds. The minimum atomic E-state index is 0.119. The molecule has 4 rings (SSSR count). The number of carbonyl (C=O) groups is 1. The van der Waals surface area contributed by atoms with E-state index in [-0.39, 0.29) is 11.9 Å². The van der Waals surface area contributed by atoms with Gasteiger partial charge in [-0.1, -0.05) is 55.5 Å². The molecule has 0 unspecified atom stereocenters. The average Bonchev–Trinajstić information content (AvgIpc) is 3.44. The van der Waals surface area contributed by atoms with Crippen LogP contribution in [0.15, 0.2) is 59.9 Å². The van der Waals surface area contributed by atoms with Crippen LogP contribution < -0.4 is 5.32 Å². The van der Waals surface area contributed by atoms with Crippen molar-refractivity contribution in [2.75, 3.05) is 0 Å². The first-order valence-corrected chi connectivity index (χ1v) is 10.5. The summed E-state index contributed by atoms with van der Waals surface area (Å²) in [5, 5.41) is 11.7.